The van der Waals surface area contributed by atoms with Crippen LogP contribution in [0.2, 0.25) is 0 Å². The lowest BCUT2D eigenvalue weighted by Crippen LogP contribution is -2.26. The molecule has 0 bridgehead atoms. The first-order valence-corrected chi connectivity index (χ1v) is 10.2. The molecule has 7 nitrogen and oxygen atoms in total. The van der Waals surface area contributed by atoms with E-state index in [0.29, 0.717) is 11.5 Å². The van der Waals surface area contributed by atoms with Crippen LogP contribution in [0.3, 0.4) is 0 Å². The lowest BCUT2D eigenvalue weighted by molar-refractivity contribution is -0.146. The monoisotopic (exact) mass is 407 g/mol. The summed E-state index contributed by atoms with van der Waals surface area (Å²) in [6.45, 7) is -0.0676. The van der Waals surface area contributed by atoms with Gasteiger partial charge in [0.2, 0.25) is 5.95 Å². The Morgan fingerprint density at radius 2 is 1.87 bits per heavy atom. The van der Waals surface area contributed by atoms with Gasteiger partial charge in [-0.25, -0.2) is 4.98 Å². The van der Waals surface area contributed by atoms with Gasteiger partial charge in [0.1, 0.15) is 0 Å². The van der Waals surface area contributed by atoms with E-state index in [1.54, 1.807) is 12.1 Å². The number of carbonyl (C=O) groups is 2. The van der Waals surface area contributed by atoms with Gasteiger partial charge < -0.3 is 14.4 Å². The van der Waals surface area contributed by atoms with E-state index < -0.39 is 0 Å². The SMILES string of the molecule is COC(=O)C1CCC(n2c(NC(=O)c3ccccc3)nc3ccc(CO)cc32)CC1. The molecule has 30 heavy (non-hydrogen) atoms. The second-order valence-corrected chi connectivity index (χ2v) is 7.64. The lowest BCUT2D eigenvalue weighted by Gasteiger charge is -2.29. The summed E-state index contributed by atoms with van der Waals surface area (Å²) >= 11 is 0. The van der Waals surface area contributed by atoms with E-state index in [0.717, 1.165) is 42.3 Å². The Labute approximate surface area is 174 Å². The Morgan fingerprint density at radius 3 is 2.53 bits per heavy atom. The third-order valence-electron chi connectivity index (χ3n) is 5.79. The predicted molar refractivity (Wildman–Crippen MR) is 113 cm³/mol. The van der Waals surface area contributed by atoms with Gasteiger partial charge in [-0.1, -0.05) is 24.3 Å². The number of amides is 1. The molecule has 1 aromatic heterocycles. The maximum atomic E-state index is 12.8. The number of nitrogens with one attached hydrogen (secondary N) is 1. The second kappa shape index (κ2) is 8.67. The number of hydrogen-bond donors (Lipinski definition) is 2. The highest BCUT2D eigenvalue weighted by Gasteiger charge is 2.30. The molecule has 2 aromatic carbocycles. The first kappa shape index (κ1) is 20.1. The van der Waals surface area contributed by atoms with Gasteiger partial charge in [0.05, 0.1) is 30.7 Å². The molecule has 1 heterocycles. The van der Waals surface area contributed by atoms with Crippen LogP contribution in [0, 0.1) is 5.92 Å². The predicted octanol–water partition coefficient (Wildman–Crippen LogP) is 3.69. The molecule has 1 fully saturated rings. The topological polar surface area (TPSA) is 93.5 Å². The van der Waals surface area contributed by atoms with Crippen molar-refractivity contribution in [2.45, 2.75) is 38.3 Å². The Balaban J connectivity index is 1.68. The number of fused-ring (bicyclic) bond motifs is 1. The number of nitrogens with zero attached hydrogens (tertiary/aromatic N) is 2. The van der Waals surface area contributed by atoms with Crippen LogP contribution in [0.25, 0.3) is 11.0 Å². The van der Waals surface area contributed by atoms with Crippen molar-refractivity contribution < 1.29 is 19.4 Å². The van der Waals surface area contributed by atoms with Gasteiger partial charge in [0.15, 0.2) is 0 Å². The Kier molecular flexibility index (Phi) is 5.81. The summed E-state index contributed by atoms with van der Waals surface area (Å²) in [6, 6.07) is 14.7. The number of hydrogen-bond acceptors (Lipinski definition) is 5. The number of aliphatic hydroxyl groups excluding tert-OH is 1. The van der Waals surface area contributed by atoms with E-state index in [4.69, 9.17) is 4.74 Å². The minimum atomic E-state index is -0.224. The van der Waals surface area contributed by atoms with Crippen molar-refractivity contribution in [3.63, 3.8) is 0 Å². The average molecular weight is 407 g/mol. The van der Waals surface area contributed by atoms with E-state index in [1.807, 2.05) is 41.0 Å². The largest absolute Gasteiger partial charge is 0.469 e. The summed E-state index contributed by atoms with van der Waals surface area (Å²) in [5.74, 6) is 0.00811. The summed E-state index contributed by atoms with van der Waals surface area (Å²) in [5.41, 5.74) is 2.96. The normalized spacial score (nSPS) is 18.9. The standard InChI is InChI=1S/C23H25N3O4/c1-30-22(29)17-8-10-18(11-9-17)26-20-13-15(14-27)7-12-19(20)24-23(26)25-21(28)16-5-3-2-4-6-16/h2-7,12-13,17-18,27H,8-11,14H2,1H3,(H,24,25,28). The van der Waals surface area contributed by atoms with Gasteiger partial charge in [-0.2, -0.15) is 0 Å². The quantitative estimate of drug-likeness (QED) is 0.629. The van der Waals surface area contributed by atoms with E-state index >= 15 is 0 Å². The molecule has 0 saturated heterocycles. The second-order valence-electron chi connectivity index (χ2n) is 7.64. The van der Waals surface area contributed by atoms with E-state index in [2.05, 4.69) is 10.3 Å². The highest BCUT2D eigenvalue weighted by molar-refractivity contribution is 6.04. The summed E-state index contributed by atoms with van der Waals surface area (Å²) in [4.78, 5) is 29.3. The van der Waals surface area contributed by atoms with Gasteiger partial charge in [0, 0.05) is 11.6 Å². The van der Waals surface area contributed by atoms with Crippen molar-refractivity contribution in [3.8, 4) is 0 Å². The van der Waals surface area contributed by atoms with Crippen LogP contribution in [0.4, 0.5) is 5.95 Å². The van der Waals surface area contributed by atoms with Gasteiger partial charge >= 0.3 is 5.97 Å². The molecular weight excluding hydrogens is 382 g/mol. The maximum Gasteiger partial charge on any atom is 0.308 e. The van der Waals surface area contributed by atoms with Crippen LogP contribution >= 0.6 is 0 Å². The van der Waals surface area contributed by atoms with Crippen molar-refractivity contribution in [2.75, 3.05) is 12.4 Å². The number of aromatic nitrogens is 2. The van der Waals surface area contributed by atoms with E-state index in [9.17, 15) is 14.7 Å². The molecule has 0 unspecified atom stereocenters. The molecule has 2 N–H and O–H groups in total. The fourth-order valence-corrected chi connectivity index (χ4v) is 4.19. The Morgan fingerprint density at radius 1 is 1.13 bits per heavy atom. The van der Waals surface area contributed by atoms with Gasteiger partial charge in [-0.05, 0) is 55.5 Å². The minimum Gasteiger partial charge on any atom is -0.469 e. The van der Waals surface area contributed by atoms with Crippen molar-refractivity contribution in [1.29, 1.82) is 0 Å². The molecule has 3 aromatic rings. The summed E-state index contributed by atoms with van der Waals surface area (Å²) in [6.07, 6.45) is 3.01. The number of carbonyl (C=O) groups excluding carboxylic acids is 2. The van der Waals surface area contributed by atoms with Gasteiger partial charge in [-0.3, -0.25) is 14.9 Å². The number of anilines is 1. The summed E-state index contributed by atoms with van der Waals surface area (Å²) < 4.78 is 6.94. The molecule has 1 aliphatic carbocycles. The third kappa shape index (κ3) is 3.93. The number of methoxy groups -OCH3 is 1. The molecule has 0 atom stereocenters. The molecule has 0 aliphatic heterocycles. The van der Waals surface area contributed by atoms with E-state index in [-0.39, 0.29) is 30.4 Å². The number of benzene rings is 2. The first-order valence-electron chi connectivity index (χ1n) is 10.2. The van der Waals surface area contributed by atoms with Crippen LogP contribution in [0.5, 0.6) is 0 Å². The molecular formula is C23H25N3O4. The average Bonchev–Trinajstić information content (AvgIpc) is 3.15. The van der Waals surface area contributed by atoms with Gasteiger partial charge in [0.25, 0.3) is 5.91 Å². The van der Waals surface area contributed by atoms with Crippen LogP contribution < -0.4 is 5.32 Å². The highest BCUT2D eigenvalue weighted by atomic mass is 16.5. The smallest absolute Gasteiger partial charge is 0.308 e. The van der Waals surface area contributed by atoms with Crippen molar-refractivity contribution in [2.24, 2.45) is 5.92 Å². The highest BCUT2D eigenvalue weighted by Crippen LogP contribution is 2.37. The summed E-state index contributed by atoms with van der Waals surface area (Å²) in [5, 5.41) is 12.5. The molecule has 1 aliphatic rings. The lowest BCUT2D eigenvalue weighted by atomic mass is 9.86. The van der Waals surface area contributed by atoms with E-state index in [1.165, 1.54) is 7.11 Å². The zero-order valence-corrected chi connectivity index (χ0v) is 16.9. The van der Waals surface area contributed by atoms with Crippen molar-refractivity contribution in [3.05, 3.63) is 59.7 Å². The zero-order valence-electron chi connectivity index (χ0n) is 16.9. The van der Waals surface area contributed by atoms with Crippen molar-refractivity contribution in [1.82, 2.24) is 9.55 Å². The maximum absolute atomic E-state index is 12.8. The molecule has 0 radical (unpaired) electrons. The Hall–Kier alpha value is -3.19. The number of rotatable bonds is 5. The van der Waals surface area contributed by atoms with Crippen molar-refractivity contribution >= 4 is 28.9 Å². The fourth-order valence-electron chi connectivity index (χ4n) is 4.19. The number of aliphatic hydroxyl groups is 1. The Bertz CT molecular complexity index is 1050. The van der Waals surface area contributed by atoms with Crippen LogP contribution in [0.15, 0.2) is 48.5 Å². The molecule has 7 heteroatoms. The number of esters is 1. The third-order valence-corrected chi connectivity index (χ3v) is 5.79. The molecule has 4 rings (SSSR count). The number of ether oxygens (including phenoxy) is 1. The number of imidazole rings is 1. The molecule has 156 valence electrons. The molecule has 1 saturated carbocycles. The van der Waals surface area contributed by atoms with Gasteiger partial charge in [-0.15, -0.1) is 0 Å². The first-order chi connectivity index (χ1) is 14.6. The van der Waals surface area contributed by atoms with Crippen LogP contribution in [-0.4, -0.2) is 33.6 Å². The van der Waals surface area contributed by atoms with Crippen LogP contribution in [0.1, 0.15) is 47.6 Å². The minimum absolute atomic E-state index is 0.0676. The molecule has 0 spiro atoms. The zero-order chi connectivity index (χ0) is 21.1. The molecule has 1 amide bonds. The summed E-state index contributed by atoms with van der Waals surface area (Å²) in [7, 11) is 1.42. The fraction of sp³-hybridized carbons (Fsp3) is 0.348. The van der Waals surface area contributed by atoms with Crippen LogP contribution in [-0.2, 0) is 16.1 Å².